The average molecular weight is 445 g/mol. The topological polar surface area (TPSA) is 109 Å². The van der Waals surface area contributed by atoms with Crippen LogP contribution in [0.15, 0.2) is 46.4 Å². The first-order valence-corrected chi connectivity index (χ1v) is 8.85. The van der Waals surface area contributed by atoms with Crippen LogP contribution in [0.3, 0.4) is 0 Å². The van der Waals surface area contributed by atoms with Crippen LogP contribution in [0.5, 0.6) is 11.5 Å². The van der Waals surface area contributed by atoms with Crippen LogP contribution in [-0.4, -0.2) is 30.7 Å². The minimum absolute atomic E-state index is 0.108. The number of hydrogen-bond donors (Lipinski definition) is 2. The number of nitrogens with one attached hydrogen (secondary N) is 1. The molecule has 2 rings (SSSR count). The van der Waals surface area contributed by atoms with E-state index in [1.54, 1.807) is 24.3 Å². The number of carboxylic acid groups (broad SMARTS) is 1. The maximum Gasteiger partial charge on any atom is 0.341 e. The lowest BCUT2D eigenvalue weighted by atomic mass is 10.1. The molecule has 0 atom stereocenters. The Kier molecular flexibility index (Phi) is 7.18. The van der Waals surface area contributed by atoms with Gasteiger partial charge in [0.05, 0.1) is 7.11 Å². The minimum Gasteiger partial charge on any atom is -0.493 e. The maximum atomic E-state index is 12.4. The van der Waals surface area contributed by atoms with Crippen LogP contribution < -0.4 is 14.8 Å². The van der Waals surface area contributed by atoms with E-state index in [4.69, 9.17) is 14.6 Å². The third kappa shape index (κ3) is 5.59. The van der Waals surface area contributed by atoms with Crippen molar-refractivity contribution in [3.63, 3.8) is 0 Å². The molecule has 2 aromatic rings. The molecule has 28 heavy (non-hydrogen) atoms. The Morgan fingerprint density at radius 3 is 2.64 bits per heavy atom. The third-order valence-corrected chi connectivity index (χ3v) is 4.26. The van der Waals surface area contributed by atoms with Crippen molar-refractivity contribution in [1.82, 2.24) is 0 Å². The van der Waals surface area contributed by atoms with Crippen molar-refractivity contribution in [1.29, 1.82) is 5.26 Å². The summed E-state index contributed by atoms with van der Waals surface area (Å²) in [6.07, 6.45) is 1.40. The molecule has 0 aliphatic carbocycles. The first-order valence-electron chi connectivity index (χ1n) is 8.06. The number of benzene rings is 2. The second-order valence-corrected chi connectivity index (χ2v) is 6.55. The number of carbonyl (C=O) groups is 2. The van der Waals surface area contributed by atoms with Crippen molar-refractivity contribution in [3.05, 3.63) is 57.6 Å². The molecule has 0 aliphatic rings. The molecule has 0 fully saturated rings. The highest BCUT2D eigenvalue weighted by molar-refractivity contribution is 9.10. The largest absolute Gasteiger partial charge is 0.493 e. The number of rotatable bonds is 7. The maximum absolute atomic E-state index is 12.4. The summed E-state index contributed by atoms with van der Waals surface area (Å²) < 4.78 is 10.9. The van der Waals surface area contributed by atoms with E-state index in [2.05, 4.69) is 21.2 Å². The molecule has 0 heterocycles. The van der Waals surface area contributed by atoms with E-state index in [1.807, 2.05) is 19.1 Å². The second kappa shape index (κ2) is 9.58. The standard InChI is InChI=1S/C20H17BrN2O5/c1-12-4-3-5-15(6-12)23-20(26)14(10-22)7-13-8-17(27-2)18(9-16(13)21)28-11-19(24)25/h3-9H,11H2,1-2H3,(H,23,26)(H,24,25)/b14-7-. The number of ether oxygens (including phenoxy) is 2. The molecule has 2 N–H and O–H groups in total. The van der Waals surface area contributed by atoms with Gasteiger partial charge in [0.2, 0.25) is 0 Å². The van der Waals surface area contributed by atoms with Gasteiger partial charge in [0, 0.05) is 10.2 Å². The molecule has 0 radical (unpaired) electrons. The Bertz CT molecular complexity index is 979. The highest BCUT2D eigenvalue weighted by Crippen LogP contribution is 2.34. The number of anilines is 1. The molecule has 0 saturated carbocycles. The lowest BCUT2D eigenvalue weighted by molar-refractivity contribution is -0.139. The zero-order chi connectivity index (χ0) is 20.7. The summed E-state index contributed by atoms with van der Waals surface area (Å²) in [5.41, 5.74) is 1.95. The van der Waals surface area contributed by atoms with Gasteiger partial charge in [-0.1, -0.05) is 28.1 Å². The highest BCUT2D eigenvalue weighted by Gasteiger charge is 2.14. The summed E-state index contributed by atoms with van der Waals surface area (Å²) in [6, 6.07) is 12.2. The molecule has 0 spiro atoms. The number of carboxylic acids is 1. The van der Waals surface area contributed by atoms with Crippen LogP contribution in [0.4, 0.5) is 5.69 Å². The van der Waals surface area contributed by atoms with Gasteiger partial charge >= 0.3 is 5.97 Å². The SMILES string of the molecule is COc1cc(/C=C(/C#N)C(=O)Nc2cccc(C)c2)c(Br)cc1OCC(=O)O. The van der Waals surface area contributed by atoms with E-state index in [0.29, 0.717) is 15.7 Å². The number of nitriles is 1. The van der Waals surface area contributed by atoms with Gasteiger partial charge in [0.25, 0.3) is 5.91 Å². The molecule has 144 valence electrons. The zero-order valence-electron chi connectivity index (χ0n) is 15.2. The van der Waals surface area contributed by atoms with Crippen molar-refractivity contribution < 1.29 is 24.2 Å². The van der Waals surface area contributed by atoms with E-state index >= 15 is 0 Å². The number of aliphatic carboxylic acids is 1. The van der Waals surface area contributed by atoms with Gasteiger partial charge in [0.1, 0.15) is 11.6 Å². The Balaban J connectivity index is 2.31. The molecule has 1 amide bonds. The van der Waals surface area contributed by atoms with Gasteiger partial charge in [-0.05, 0) is 48.4 Å². The second-order valence-electron chi connectivity index (χ2n) is 5.70. The van der Waals surface area contributed by atoms with Crippen molar-refractivity contribution in [3.8, 4) is 17.6 Å². The Labute approximate surface area is 170 Å². The Hall–Kier alpha value is -3.31. The number of nitrogens with zero attached hydrogens (tertiary/aromatic N) is 1. The number of carbonyl (C=O) groups excluding carboxylic acids is 1. The van der Waals surface area contributed by atoms with Gasteiger partial charge in [-0.25, -0.2) is 4.79 Å². The first-order chi connectivity index (χ1) is 13.3. The quantitative estimate of drug-likeness (QED) is 0.496. The first kappa shape index (κ1) is 21.0. The lowest BCUT2D eigenvalue weighted by Gasteiger charge is -2.12. The number of aryl methyl sites for hydroxylation is 1. The van der Waals surface area contributed by atoms with Crippen LogP contribution in [0.25, 0.3) is 6.08 Å². The van der Waals surface area contributed by atoms with Crippen molar-refractivity contribution in [2.45, 2.75) is 6.92 Å². The summed E-state index contributed by atoms with van der Waals surface area (Å²) >= 11 is 3.33. The minimum atomic E-state index is -1.12. The number of hydrogen-bond acceptors (Lipinski definition) is 5. The summed E-state index contributed by atoms with van der Waals surface area (Å²) in [5.74, 6) is -1.18. The van der Waals surface area contributed by atoms with Gasteiger partial charge in [-0.15, -0.1) is 0 Å². The van der Waals surface area contributed by atoms with E-state index in [9.17, 15) is 14.9 Å². The normalized spacial score (nSPS) is 10.7. The Morgan fingerprint density at radius 1 is 1.29 bits per heavy atom. The van der Waals surface area contributed by atoms with Crippen LogP contribution in [0.2, 0.25) is 0 Å². The smallest absolute Gasteiger partial charge is 0.341 e. The highest BCUT2D eigenvalue weighted by atomic mass is 79.9. The molecule has 2 aromatic carbocycles. The summed E-state index contributed by atoms with van der Waals surface area (Å²) in [6.45, 7) is 1.37. The molecular weight excluding hydrogens is 428 g/mol. The fraction of sp³-hybridized carbons (Fsp3) is 0.150. The third-order valence-electron chi connectivity index (χ3n) is 3.57. The summed E-state index contributed by atoms with van der Waals surface area (Å²) in [4.78, 5) is 23.1. The monoisotopic (exact) mass is 444 g/mol. The molecule has 0 saturated heterocycles. The predicted octanol–water partition coefficient (Wildman–Crippen LogP) is 3.78. The molecule has 7 nitrogen and oxygen atoms in total. The van der Waals surface area contributed by atoms with E-state index in [1.165, 1.54) is 19.3 Å². The fourth-order valence-electron chi connectivity index (χ4n) is 2.30. The van der Waals surface area contributed by atoms with E-state index in [0.717, 1.165) is 5.56 Å². The number of amides is 1. The molecule has 0 aromatic heterocycles. The van der Waals surface area contributed by atoms with Crippen LogP contribution in [0.1, 0.15) is 11.1 Å². The lowest BCUT2D eigenvalue weighted by Crippen LogP contribution is -2.13. The van der Waals surface area contributed by atoms with Crippen molar-refractivity contribution in [2.24, 2.45) is 0 Å². The van der Waals surface area contributed by atoms with E-state index < -0.39 is 18.5 Å². The molecule has 0 bridgehead atoms. The average Bonchev–Trinajstić information content (AvgIpc) is 2.65. The van der Waals surface area contributed by atoms with Crippen LogP contribution >= 0.6 is 15.9 Å². The van der Waals surface area contributed by atoms with Crippen LogP contribution in [-0.2, 0) is 9.59 Å². The van der Waals surface area contributed by atoms with Crippen molar-refractivity contribution in [2.75, 3.05) is 19.0 Å². The number of methoxy groups -OCH3 is 1. The summed E-state index contributed by atoms with van der Waals surface area (Å²) in [7, 11) is 1.40. The summed E-state index contributed by atoms with van der Waals surface area (Å²) in [5, 5.41) is 20.8. The molecule has 8 heteroatoms. The predicted molar refractivity (Wildman–Crippen MR) is 107 cm³/mol. The van der Waals surface area contributed by atoms with Gasteiger partial charge in [-0.2, -0.15) is 5.26 Å². The van der Waals surface area contributed by atoms with Gasteiger partial charge < -0.3 is 19.9 Å². The fourth-order valence-corrected chi connectivity index (χ4v) is 2.74. The molecule has 0 aliphatic heterocycles. The van der Waals surface area contributed by atoms with Gasteiger partial charge in [-0.3, -0.25) is 4.79 Å². The zero-order valence-corrected chi connectivity index (χ0v) is 16.7. The molecule has 0 unspecified atom stereocenters. The van der Waals surface area contributed by atoms with Crippen LogP contribution in [0, 0.1) is 18.3 Å². The van der Waals surface area contributed by atoms with E-state index in [-0.39, 0.29) is 17.1 Å². The van der Waals surface area contributed by atoms with Crippen molar-refractivity contribution >= 4 is 39.6 Å². The van der Waals surface area contributed by atoms with Gasteiger partial charge in [0.15, 0.2) is 18.1 Å². The molecular formula is C20H17BrN2O5. The Morgan fingerprint density at radius 2 is 2.04 bits per heavy atom. The number of halogens is 1.